The van der Waals surface area contributed by atoms with Crippen LogP contribution in [0.1, 0.15) is 31.5 Å². The monoisotopic (exact) mass is 255 g/mol. The van der Waals surface area contributed by atoms with Gasteiger partial charge < -0.3 is 4.74 Å². The Balaban J connectivity index is 1.84. The van der Waals surface area contributed by atoms with Gasteiger partial charge in [-0.25, -0.2) is 15.4 Å². The molecule has 0 radical (unpaired) electrons. The van der Waals surface area contributed by atoms with Gasteiger partial charge >= 0.3 is 0 Å². The highest BCUT2D eigenvalue weighted by atomic mass is 32.1. The Morgan fingerprint density at radius 1 is 1.41 bits per heavy atom. The zero-order chi connectivity index (χ0) is 12.3. The van der Waals surface area contributed by atoms with Crippen LogP contribution >= 0.6 is 11.3 Å². The molecule has 1 aliphatic heterocycles. The zero-order valence-electron chi connectivity index (χ0n) is 10.8. The number of morpholine rings is 1. The molecule has 1 aromatic heterocycles. The van der Waals surface area contributed by atoms with Crippen molar-refractivity contribution >= 4 is 11.3 Å². The van der Waals surface area contributed by atoms with Gasteiger partial charge in [-0.3, -0.25) is 0 Å². The molecule has 5 heteroatoms. The van der Waals surface area contributed by atoms with Crippen LogP contribution in [0.25, 0.3) is 0 Å². The van der Waals surface area contributed by atoms with Gasteiger partial charge in [0.05, 0.1) is 25.5 Å². The summed E-state index contributed by atoms with van der Waals surface area (Å²) < 4.78 is 5.31. The minimum absolute atomic E-state index is 0.147. The van der Waals surface area contributed by atoms with Crippen molar-refractivity contribution < 1.29 is 4.74 Å². The van der Waals surface area contributed by atoms with Crippen molar-refractivity contribution in [3.63, 3.8) is 0 Å². The summed E-state index contributed by atoms with van der Waals surface area (Å²) in [6.45, 7) is 11.0. The lowest BCUT2D eigenvalue weighted by Gasteiger charge is -2.26. The molecular weight excluding hydrogens is 234 g/mol. The van der Waals surface area contributed by atoms with Crippen LogP contribution in [0, 0.1) is 0 Å². The summed E-state index contributed by atoms with van der Waals surface area (Å²) in [4.78, 5) is 4.66. The third kappa shape index (κ3) is 3.74. The van der Waals surface area contributed by atoms with Crippen molar-refractivity contribution in [2.24, 2.45) is 0 Å². The Labute approximate surface area is 107 Å². The van der Waals surface area contributed by atoms with Crippen LogP contribution in [0.15, 0.2) is 5.38 Å². The second-order valence-corrected chi connectivity index (χ2v) is 6.25. The van der Waals surface area contributed by atoms with Gasteiger partial charge in [-0.2, -0.15) is 0 Å². The number of nitrogens with zero attached hydrogens (tertiary/aromatic N) is 2. The lowest BCUT2D eigenvalue weighted by Crippen LogP contribution is -2.45. The van der Waals surface area contributed by atoms with Crippen molar-refractivity contribution in [3.05, 3.63) is 16.1 Å². The largest absolute Gasteiger partial charge is 0.379 e. The summed E-state index contributed by atoms with van der Waals surface area (Å²) in [5.41, 5.74) is 4.73. The molecule has 1 N–H and O–H groups in total. The smallest absolute Gasteiger partial charge is 0.108 e. The second-order valence-electron chi connectivity index (χ2n) is 5.31. The number of ether oxygens (including phenoxy) is 1. The highest BCUT2D eigenvalue weighted by Crippen LogP contribution is 2.23. The molecule has 2 rings (SSSR count). The van der Waals surface area contributed by atoms with Gasteiger partial charge in [0.25, 0.3) is 0 Å². The maximum Gasteiger partial charge on any atom is 0.108 e. The van der Waals surface area contributed by atoms with E-state index >= 15 is 0 Å². The van der Waals surface area contributed by atoms with Crippen LogP contribution < -0.4 is 5.43 Å². The number of rotatable bonds is 3. The van der Waals surface area contributed by atoms with Gasteiger partial charge in [-0.15, -0.1) is 11.3 Å². The Morgan fingerprint density at radius 2 is 2.12 bits per heavy atom. The molecule has 0 bridgehead atoms. The van der Waals surface area contributed by atoms with Gasteiger partial charge in [0.2, 0.25) is 0 Å². The van der Waals surface area contributed by atoms with E-state index in [0.717, 1.165) is 37.9 Å². The summed E-state index contributed by atoms with van der Waals surface area (Å²) in [7, 11) is 0. The molecule has 0 atom stereocenters. The fraction of sp³-hybridized carbons (Fsp3) is 0.750. The molecule has 4 nitrogen and oxygen atoms in total. The van der Waals surface area contributed by atoms with Crippen molar-refractivity contribution in [3.8, 4) is 0 Å². The molecule has 2 heterocycles. The van der Waals surface area contributed by atoms with E-state index in [4.69, 9.17) is 4.74 Å². The highest BCUT2D eigenvalue weighted by molar-refractivity contribution is 7.09. The fourth-order valence-corrected chi connectivity index (χ4v) is 2.59. The predicted molar refractivity (Wildman–Crippen MR) is 70.0 cm³/mol. The molecule has 96 valence electrons. The molecule has 0 unspecified atom stereocenters. The summed E-state index contributed by atoms with van der Waals surface area (Å²) >= 11 is 1.73. The normalized spacial score (nSPS) is 18.5. The number of thiazole rings is 1. The van der Waals surface area contributed by atoms with Gasteiger partial charge in [0, 0.05) is 23.9 Å². The van der Waals surface area contributed by atoms with E-state index in [1.807, 2.05) is 0 Å². The van der Waals surface area contributed by atoms with Gasteiger partial charge in [0.15, 0.2) is 0 Å². The topological polar surface area (TPSA) is 37.4 Å². The van der Waals surface area contributed by atoms with Crippen molar-refractivity contribution in [1.29, 1.82) is 0 Å². The maximum absolute atomic E-state index is 5.31. The first-order valence-electron chi connectivity index (χ1n) is 6.07. The van der Waals surface area contributed by atoms with Crippen molar-refractivity contribution in [2.45, 2.75) is 32.7 Å². The number of nitrogens with one attached hydrogen (secondary N) is 1. The third-order valence-electron chi connectivity index (χ3n) is 2.79. The minimum atomic E-state index is 0.147. The molecule has 0 spiro atoms. The van der Waals surface area contributed by atoms with E-state index in [1.165, 1.54) is 5.69 Å². The Morgan fingerprint density at radius 3 is 2.71 bits per heavy atom. The molecule has 1 fully saturated rings. The molecule has 0 amide bonds. The van der Waals surface area contributed by atoms with Gasteiger partial charge in [-0.1, -0.05) is 20.8 Å². The number of aromatic nitrogens is 1. The summed E-state index contributed by atoms with van der Waals surface area (Å²) in [5, 5.41) is 5.53. The Kier molecular flexibility index (Phi) is 4.14. The van der Waals surface area contributed by atoms with Crippen LogP contribution in [0.4, 0.5) is 0 Å². The fourth-order valence-electron chi connectivity index (χ4n) is 1.64. The molecule has 0 aromatic carbocycles. The SMILES string of the molecule is CC(C)(C)c1csc(CNN2CCOCC2)n1. The second kappa shape index (κ2) is 5.44. The highest BCUT2D eigenvalue weighted by Gasteiger charge is 2.17. The van der Waals surface area contributed by atoms with E-state index in [2.05, 4.69) is 41.6 Å². The van der Waals surface area contributed by atoms with Crippen molar-refractivity contribution in [1.82, 2.24) is 15.4 Å². The lowest BCUT2D eigenvalue weighted by molar-refractivity contribution is 0.0105. The molecule has 1 aliphatic rings. The van der Waals surface area contributed by atoms with E-state index in [9.17, 15) is 0 Å². The first-order chi connectivity index (χ1) is 8.05. The molecule has 1 aromatic rings. The minimum Gasteiger partial charge on any atom is -0.379 e. The van der Waals surface area contributed by atoms with E-state index in [0.29, 0.717) is 0 Å². The molecular formula is C12H21N3OS. The summed E-state index contributed by atoms with van der Waals surface area (Å²) in [6, 6.07) is 0. The number of hydrogen-bond donors (Lipinski definition) is 1. The van der Waals surface area contributed by atoms with E-state index in [-0.39, 0.29) is 5.41 Å². The van der Waals surface area contributed by atoms with Crippen LogP contribution in [0.5, 0.6) is 0 Å². The molecule has 17 heavy (non-hydrogen) atoms. The predicted octanol–water partition coefficient (Wildman–Crippen LogP) is 1.78. The quantitative estimate of drug-likeness (QED) is 0.893. The average molecular weight is 255 g/mol. The standard InChI is InChI=1S/C12H21N3OS/c1-12(2,3)10-9-17-11(14-10)8-13-15-4-6-16-7-5-15/h9,13H,4-8H2,1-3H3. The summed E-state index contributed by atoms with van der Waals surface area (Å²) in [5.74, 6) is 0. The molecule has 1 saturated heterocycles. The van der Waals surface area contributed by atoms with Crippen LogP contribution in [0.3, 0.4) is 0 Å². The Hall–Kier alpha value is -0.490. The molecule has 0 saturated carbocycles. The first-order valence-corrected chi connectivity index (χ1v) is 6.95. The first kappa shape index (κ1) is 13.0. The maximum atomic E-state index is 5.31. The zero-order valence-corrected chi connectivity index (χ0v) is 11.6. The van der Waals surface area contributed by atoms with E-state index in [1.54, 1.807) is 11.3 Å². The Bertz CT molecular complexity index is 353. The number of hydrazine groups is 1. The van der Waals surface area contributed by atoms with Crippen LogP contribution in [0.2, 0.25) is 0 Å². The lowest BCUT2D eigenvalue weighted by atomic mass is 9.93. The summed E-state index contributed by atoms with van der Waals surface area (Å²) in [6.07, 6.45) is 0. The van der Waals surface area contributed by atoms with Crippen LogP contribution in [-0.4, -0.2) is 36.3 Å². The van der Waals surface area contributed by atoms with E-state index < -0.39 is 0 Å². The molecule has 0 aliphatic carbocycles. The third-order valence-corrected chi connectivity index (χ3v) is 3.63. The average Bonchev–Trinajstić information content (AvgIpc) is 2.76. The van der Waals surface area contributed by atoms with Crippen molar-refractivity contribution in [2.75, 3.05) is 26.3 Å². The number of hydrogen-bond acceptors (Lipinski definition) is 5. The van der Waals surface area contributed by atoms with Gasteiger partial charge in [-0.05, 0) is 0 Å². The van der Waals surface area contributed by atoms with Gasteiger partial charge in [0.1, 0.15) is 5.01 Å². The van der Waals surface area contributed by atoms with Crippen LogP contribution in [-0.2, 0) is 16.7 Å².